The number of rotatable bonds is 12. The maximum Gasteiger partial charge on any atom is 0.243 e. The quantitative estimate of drug-likeness (QED) is 0.175. The van der Waals surface area contributed by atoms with Crippen molar-refractivity contribution >= 4 is 10.0 Å². The fourth-order valence-electron chi connectivity index (χ4n) is 6.23. The average Bonchev–Trinajstić information content (AvgIpc) is 3.82. The third kappa shape index (κ3) is 7.27. The zero-order valence-corrected chi connectivity index (χ0v) is 27.9. The lowest BCUT2D eigenvalue weighted by Gasteiger charge is -2.49. The van der Waals surface area contributed by atoms with E-state index in [1.807, 2.05) is 105 Å². The van der Waals surface area contributed by atoms with E-state index in [0.717, 1.165) is 22.3 Å². The first-order valence-electron chi connectivity index (χ1n) is 16.3. The average molecular weight is 672 g/mol. The molecule has 3 fully saturated rings. The number of fused-ring (bicyclic) bond motifs is 1. The van der Waals surface area contributed by atoms with E-state index in [-0.39, 0.29) is 18.1 Å². The van der Waals surface area contributed by atoms with Gasteiger partial charge >= 0.3 is 0 Å². The van der Waals surface area contributed by atoms with Crippen LogP contribution in [0.25, 0.3) is 0 Å². The highest BCUT2D eigenvalue weighted by molar-refractivity contribution is 7.89. The Balaban J connectivity index is 1.14. The van der Waals surface area contributed by atoms with Gasteiger partial charge in [0, 0.05) is 12.1 Å². The van der Waals surface area contributed by atoms with Crippen molar-refractivity contribution < 1.29 is 36.8 Å². The molecule has 4 aromatic rings. The zero-order chi connectivity index (χ0) is 33.1. The minimum absolute atomic E-state index is 0.102. The van der Waals surface area contributed by atoms with Crippen LogP contribution >= 0.6 is 0 Å². The fourth-order valence-corrected chi connectivity index (χ4v) is 8.04. The van der Waals surface area contributed by atoms with Crippen molar-refractivity contribution in [2.75, 3.05) is 19.8 Å². The molecule has 9 nitrogen and oxygen atoms in total. The molecule has 252 valence electrons. The second-order valence-electron chi connectivity index (χ2n) is 12.9. The van der Waals surface area contributed by atoms with Crippen molar-refractivity contribution in [3.05, 3.63) is 138 Å². The summed E-state index contributed by atoms with van der Waals surface area (Å²) in [4.78, 5) is 0.261. The van der Waals surface area contributed by atoms with Gasteiger partial charge in [-0.2, -0.15) is 4.31 Å². The Morgan fingerprint density at radius 1 is 0.750 bits per heavy atom. The molecule has 2 unspecified atom stereocenters. The first kappa shape index (κ1) is 33.1. The van der Waals surface area contributed by atoms with Gasteiger partial charge in [0.25, 0.3) is 0 Å². The monoisotopic (exact) mass is 671 g/mol. The standard InChI is InChI=1S/C38H41NO8S/c1-27-18-20-31(21-19-27)48(40,41)39-25-38(39,2)26-45-37-35(43-23-29-14-8-4-9-15-29)34(42-22-28-12-6-3-7-13-28)33-32(46-37)24-44-36(47-33)30-16-10-5-11-17-30/h3-21,32-37H,22-26H2,1-2H3/t32-,33+,34+,35-,36+,37-,38?,39?/m1/s1. The van der Waals surface area contributed by atoms with Crippen LogP contribution < -0.4 is 0 Å². The molecule has 0 bridgehead atoms. The maximum absolute atomic E-state index is 13.5. The minimum atomic E-state index is -3.69. The van der Waals surface area contributed by atoms with Gasteiger partial charge in [-0.05, 0) is 37.1 Å². The largest absolute Gasteiger partial charge is 0.368 e. The number of sulfonamides is 1. The Morgan fingerprint density at radius 2 is 1.33 bits per heavy atom. The topological polar surface area (TPSA) is 92.5 Å². The molecule has 0 spiro atoms. The molecule has 8 atom stereocenters. The van der Waals surface area contributed by atoms with E-state index < -0.39 is 52.6 Å². The van der Waals surface area contributed by atoms with Crippen molar-refractivity contribution in [1.29, 1.82) is 0 Å². The van der Waals surface area contributed by atoms with E-state index in [1.165, 1.54) is 4.31 Å². The first-order chi connectivity index (χ1) is 23.3. The lowest BCUT2D eigenvalue weighted by molar-refractivity contribution is -0.373. The van der Waals surface area contributed by atoms with Crippen molar-refractivity contribution in [2.45, 2.75) is 74.5 Å². The molecule has 0 aliphatic carbocycles. The van der Waals surface area contributed by atoms with Crippen molar-refractivity contribution in [1.82, 2.24) is 4.31 Å². The van der Waals surface area contributed by atoms with Gasteiger partial charge in [0.1, 0.15) is 24.4 Å². The summed E-state index contributed by atoms with van der Waals surface area (Å²) in [6.07, 6.45) is -3.80. The van der Waals surface area contributed by atoms with Gasteiger partial charge in [0.2, 0.25) is 10.0 Å². The van der Waals surface area contributed by atoms with Gasteiger partial charge in [-0.1, -0.05) is 109 Å². The molecule has 4 aromatic carbocycles. The summed E-state index contributed by atoms with van der Waals surface area (Å²) in [6, 6.07) is 36.5. The number of aryl methyl sites for hydroxylation is 1. The third-order valence-corrected chi connectivity index (χ3v) is 11.1. The van der Waals surface area contributed by atoms with Crippen molar-refractivity contribution in [3.63, 3.8) is 0 Å². The van der Waals surface area contributed by atoms with E-state index in [2.05, 4.69) is 0 Å². The van der Waals surface area contributed by atoms with E-state index >= 15 is 0 Å². The van der Waals surface area contributed by atoms with Crippen LogP contribution in [0.3, 0.4) is 0 Å². The second-order valence-corrected chi connectivity index (χ2v) is 14.7. The second kappa shape index (κ2) is 14.2. The highest BCUT2D eigenvalue weighted by Gasteiger charge is 2.58. The van der Waals surface area contributed by atoms with Crippen LogP contribution in [-0.4, -0.2) is 68.7 Å². The van der Waals surface area contributed by atoms with Gasteiger partial charge in [0.05, 0.1) is 36.9 Å². The predicted octanol–water partition coefficient (Wildman–Crippen LogP) is 5.78. The number of ether oxygens (including phenoxy) is 6. The number of nitrogens with zero attached hydrogens (tertiary/aromatic N) is 1. The Kier molecular flexibility index (Phi) is 9.77. The number of benzene rings is 4. The van der Waals surface area contributed by atoms with Gasteiger partial charge in [-0.15, -0.1) is 0 Å². The summed E-state index contributed by atoms with van der Waals surface area (Å²) in [5.74, 6) is 0. The summed E-state index contributed by atoms with van der Waals surface area (Å²) in [7, 11) is -3.69. The van der Waals surface area contributed by atoms with Crippen LogP contribution in [0.1, 0.15) is 35.5 Å². The SMILES string of the molecule is Cc1ccc(S(=O)(=O)N2CC2(C)CO[C@@H]2O[C@@H]3CO[C@H](c4ccccc4)O[C@@H]3[C@H](OCc3ccccc3)[C@H]2OCc2ccccc2)cc1. The lowest BCUT2D eigenvalue weighted by Crippen LogP contribution is -2.63. The Hall–Kier alpha value is -3.45. The normalized spacial score (nSPS) is 30.0. The molecule has 3 aliphatic rings. The van der Waals surface area contributed by atoms with Crippen LogP contribution in [0, 0.1) is 6.92 Å². The van der Waals surface area contributed by atoms with Gasteiger partial charge in [0.15, 0.2) is 12.6 Å². The zero-order valence-electron chi connectivity index (χ0n) is 27.1. The van der Waals surface area contributed by atoms with E-state index in [9.17, 15) is 8.42 Å². The molecule has 0 aromatic heterocycles. The summed E-state index contributed by atoms with van der Waals surface area (Å²) in [5, 5.41) is 0. The molecule has 0 radical (unpaired) electrons. The van der Waals surface area contributed by atoms with Crippen molar-refractivity contribution in [2.24, 2.45) is 0 Å². The Labute approximate surface area is 282 Å². The predicted molar refractivity (Wildman–Crippen MR) is 178 cm³/mol. The highest BCUT2D eigenvalue weighted by Crippen LogP contribution is 2.41. The molecular formula is C38H41NO8S. The molecule has 7 rings (SSSR count). The molecular weight excluding hydrogens is 630 g/mol. The van der Waals surface area contributed by atoms with Crippen LogP contribution in [0.4, 0.5) is 0 Å². The summed E-state index contributed by atoms with van der Waals surface area (Å²) in [5.41, 5.74) is 3.14. The molecule has 3 aliphatic heterocycles. The first-order valence-corrected chi connectivity index (χ1v) is 17.7. The Morgan fingerprint density at radius 3 is 1.96 bits per heavy atom. The van der Waals surface area contributed by atoms with Crippen LogP contribution in [-0.2, 0) is 51.7 Å². The summed E-state index contributed by atoms with van der Waals surface area (Å²) in [6.45, 7) is 5.12. The van der Waals surface area contributed by atoms with Gasteiger partial charge in [-0.25, -0.2) is 8.42 Å². The molecule has 0 amide bonds. The third-order valence-electron chi connectivity index (χ3n) is 9.08. The van der Waals surface area contributed by atoms with E-state index in [4.69, 9.17) is 28.4 Å². The van der Waals surface area contributed by atoms with Crippen LogP contribution in [0.5, 0.6) is 0 Å². The number of hydrogen-bond donors (Lipinski definition) is 0. The van der Waals surface area contributed by atoms with Crippen molar-refractivity contribution in [3.8, 4) is 0 Å². The van der Waals surface area contributed by atoms with Gasteiger partial charge < -0.3 is 28.4 Å². The number of hydrogen-bond acceptors (Lipinski definition) is 8. The molecule has 3 saturated heterocycles. The summed E-state index contributed by atoms with van der Waals surface area (Å²) >= 11 is 0. The summed E-state index contributed by atoms with van der Waals surface area (Å²) < 4.78 is 67.5. The van der Waals surface area contributed by atoms with E-state index in [1.54, 1.807) is 24.3 Å². The lowest BCUT2D eigenvalue weighted by atomic mass is 9.97. The molecule has 10 heteroatoms. The molecule has 48 heavy (non-hydrogen) atoms. The molecule has 3 heterocycles. The fraction of sp³-hybridized carbons (Fsp3) is 0.368. The molecule has 0 saturated carbocycles. The maximum atomic E-state index is 13.5. The molecule has 0 N–H and O–H groups in total. The highest BCUT2D eigenvalue weighted by atomic mass is 32.2. The Bertz CT molecular complexity index is 1740. The van der Waals surface area contributed by atoms with Gasteiger partial charge in [-0.3, -0.25) is 0 Å². The smallest absolute Gasteiger partial charge is 0.243 e. The minimum Gasteiger partial charge on any atom is -0.368 e. The van der Waals surface area contributed by atoms with Crippen LogP contribution in [0.15, 0.2) is 120 Å². The van der Waals surface area contributed by atoms with Crippen LogP contribution in [0.2, 0.25) is 0 Å². The van der Waals surface area contributed by atoms with E-state index in [0.29, 0.717) is 19.8 Å².